The summed E-state index contributed by atoms with van der Waals surface area (Å²) in [5.74, 6) is 0.146. The van der Waals surface area contributed by atoms with Crippen molar-refractivity contribution in [2.45, 2.75) is 50.9 Å². The van der Waals surface area contributed by atoms with Crippen LogP contribution in [-0.2, 0) is 9.53 Å². The van der Waals surface area contributed by atoms with Gasteiger partial charge in [-0.2, -0.15) is 0 Å². The lowest BCUT2D eigenvalue weighted by Crippen LogP contribution is -2.46. The van der Waals surface area contributed by atoms with E-state index < -0.39 is 0 Å². The number of hydrogen-bond donors (Lipinski definition) is 1. The van der Waals surface area contributed by atoms with Gasteiger partial charge in [-0.25, -0.2) is 0 Å². The number of carbonyl (C=O) groups excluding carboxylic acids is 1. The van der Waals surface area contributed by atoms with E-state index in [0.717, 1.165) is 38.8 Å². The summed E-state index contributed by atoms with van der Waals surface area (Å²) in [4.78, 5) is 13.8. The van der Waals surface area contributed by atoms with Gasteiger partial charge in [-0.1, -0.05) is 0 Å². The van der Waals surface area contributed by atoms with Gasteiger partial charge in [-0.15, -0.1) is 0 Å². The Bertz CT molecular complexity index is 233. The minimum atomic E-state index is -0.291. The largest absolute Gasteiger partial charge is 0.365 e. The molecule has 1 saturated heterocycles. The Hall–Kier alpha value is -0.610. The van der Waals surface area contributed by atoms with Crippen molar-refractivity contribution < 1.29 is 9.53 Å². The van der Waals surface area contributed by atoms with Gasteiger partial charge in [0.25, 0.3) is 5.91 Å². The van der Waals surface area contributed by atoms with E-state index in [1.54, 1.807) is 0 Å². The van der Waals surface area contributed by atoms with E-state index in [-0.39, 0.29) is 24.2 Å². The lowest BCUT2D eigenvalue weighted by atomic mass is 9.90. The predicted molar refractivity (Wildman–Crippen MR) is 57.4 cm³/mol. The zero-order chi connectivity index (χ0) is 10.8. The normalized spacial score (nSPS) is 32.5. The minimum Gasteiger partial charge on any atom is -0.365 e. The second-order valence-electron chi connectivity index (χ2n) is 4.66. The molecule has 0 aromatic rings. The molecule has 15 heavy (non-hydrogen) atoms. The first kappa shape index (κ1) is 10.9. The lowest BCUT2D eigenvalue weighted by Gasteiger charge is -2.34. The Morgan fingerprint density at radius 3 is 2.53 bits per heavy atom. The smallest absolute Gasteiger partial charge is 0.251 e. The van der Waals surface area contributed by atoms with Gasteiger partial charge < -0.3 is 15.4 Å². The highest BCUT2D eigenvalue weighted by Gasteiger charge is 2.31. The number of ether oxygens (including phenoxy) is 1. The highest BCUT2D eigenvalue weighted by atomic mass is 16.5. The molecule has 1 atom stereocenters. The Morgan fingerprint density at radius 2 is 2.00 bits per heavy atom. The number of amides is 1. The van der Waals surface area contributed by atoms with Crippen LogP contribution in [0.2, 0.25) is 0 Å². The third-order valence-electron chi connectivity index (χ3n) is 3.29. The summed E-state index contributed by atoms with van der Waals surface area (Å²) in [6.07, 6.45) is 3.98. The average molecular weight is 212 g/mol. The van der Waals surface area contributed by atoms with E-state index in [0.29, 0.717) is 0 Å². The van der Waals surface area contributed by atoms with Gasteiger partial charge >= 0.3 is 0 Å². The van der Waals surface area contributed by atoms with E-state index >= 15 is 0 Å². The molecule has 0 spiro atoms. The van der Waals surface area contributed by atoms with Crippen LogP contribution in [0.1, 0.15) is 32.6 Å². The molecule has 86 valence electrons. The molecule has 0 radical (unpaired) electrons. The molecule has 4 nitrogen and oxygen atoms in total. The van der Waals surface area contributed by atoms with E-state index in [9.17, 15) is 4.79 Å². The van der Waals surface area contributed by atoms with Crippen molar-refractivity contribution in [2.24, 2.45) is 5.73 Å². The second-order valence-corrected chi connectivity index (χ2v) is 4.66. The summed E-state index contributed by atoms with van der Waals surface area (Å²) >= 11 is 0. The van der Waals surface area contributed by atoms with Crippen LogP contribution >= 0.6 is 0 Å². The van der Waals surface area contributed by atoms with Crippen LogP contribution < -0.4 is 5.73 Å². The summed E-state index contributed by atoms with van der Waals surface area (Å²) in [7, 11) is 0. The monoisotopic (exact) mass is 212 g/mol. The van der Waals surface area contributed by atoms with Crippen molar-refractivity contribution in [2.75, 3.05) is 13.1 Å². The average Bonchev–Trinajstić information content (AvgIpc) is 2.66. The first-order valence-electron chi connectivity index (χ1n) is 5.86. The SMILES string of the molecule is CC(OC1CC(N)C1)C(=O)N1CCCC1. The van der Waals surface area contributed by atoms with Crippen LogP contribution in [0.4, 0.5) is 0 Å². The first-order chi connectivity index (χ1) is 7.16. The molecular formula is C11H20N2O2. The molecule has 4 heteroatoms. The van der Waals surface area contributed by atoms with Crippen molar-refractivity contribution >= 4 is 5.91 Å². The Kier molecular flexibility index (Phi) is 3.26. The molecular weight excluding hydrogens is 192 g/mol. The number of rotatable bonds is 3. The number of hydrogen-bond acceptors (Lipinski definition) is 3. The molecule has 2 aliphatic rings. The molecule has 2 rings (SSSR count). The predicted octanol–water partition coefficient (Wildman–Crippen LogP) is 0.504. The van der Waals surface area contributed by atoms with Crippen molar-refractivity contribution in [3.63, 3.8) is 0 Å². The second kappa shape index (κ2) is 4.49. The zero-order valence-corrected chi connectivity index (χ0v) is 9.32. The molecule has 2 N–H and O–H groups in total. The van der Waals surface area contributed by atoms with Gasteiger partial charge in [-0.3, -0.25) is 4.79 Å². The van der Waals surface area contributed by atoms with Crippen LogP contribution in [-0.4, -0.2) is 42.1 Å². The number of nitrogens with two attached hydrogens (primary N) is 1. The summed E-state index contributed by atoms with van der Waals surface area (Å²) in [5.41, 5.74) is 5.67. The van der Waals surface area contributed by atoms with Gasteiger partial charge in [0.1, 0.15) is 6.10 Å². The molecule has 1 amide bonds. The molecule has 1 unspecified atom stereocenters. The van der Waals surface area contributed by atoms with Crippen LogP contribution in [0.15, 0.2) is 0 Å². The molecule has 0 bridgehead atoms. The maximum absolute atomic E-state index is 11.9. The van der Waals surface area contributed by atoms with Crippen molar-refractivity contribution in [3.8, 4) is 0 Å². The molecule has 1 aliphatic heterocycles. The fourth-order valence-electron chi connectivity index (χ4n) is 2.26. The number of likely N-dealkylation sites (tertiary alicyclic amines) is 1. The maximum atomic E-state index is 11.9. The van der Waals surface area contributed by atoms with Crippen LogP contribution in [0.3, 0.4) is 0 Å². The summed E-state index contributed by atoms with van der Waals surface area (Å²) < 4.78 is 5.66. The fraction of sp³-hybridized carbons (Fsp3) is 0.909. The van der Waals surface area contributed by atoms with Gasteiger partial charge in [0.15, 0.2) is 0 Å². The Balaban J connectivity index is 1.74. The molecule has 1 saturated carbocycles. The molecule has 0 aromatic heterocycles. The molecule has 2 fully saturated rings. The van der Waals surface area contributed by atoms with Gasteiger partial charge in [0.2, 0.25) is 0 Å². The third kappa shape index (κ3) is 2.49. The van der Waals surface area contributed by atoms with E-state index in [2.05, 4.69) is 0 Å². The minimum absolute atomic E-state index is 0.146. The van der Waals surface area contributed by atoms with E-state index in [1.807, 2.05) is 11.8 Å². The van der Waals surface area contributed by atoms with Crippen molar-refractivity contribution in [1.29, 1.82) is 0 Å². The maximum Gasteiger partial charge on any atom is 0.251 e. The highest BCUT2D eigenvalue weighted by molar-refractivity contribution is 5.80. The molecule has 1 heterocycles. The Labute approximate surface area is 90.8 Å². The number of nitrogens with zero attached hydrogens (tertiary/aromatic N) is 1. The summed E-state index contributed by atoms with van der Waals surface area (Å²) in [6.45, 7) is 3.65. The van der Waals surface area contributed by atoms with E-state index in [4.69, 9.17) is 10.5 Å². The first-order valence-corrected chi connectivity index (χ1v) is 5.86. The Morgan fingerprint density at radius 1 is 1.40 bits per heavy atom. The van der Waals surface area contributed by atoms with Gasteiger partial charge in [-0.05, 0) is 32.6 Å². The van der Waals surface area contributed by atoms with Crippen molar-refractivity contribution in [3.05, 3.63) is 0 Å². The van der Waals surface area contributed by atoms with Crippen molar-refractivity contribution in [1.82, 2.24) is 4.90 Å². The van der Waals surface area contributed by atoms with Crippen LogP contribution in [0, 0.1) is 0 Å². The number of carbonyl (C=O) groups is 1. The topological polar surface area (TPSA) is 55.6 Å². The van der Waals surface area contributed by atoms with E-state index in [1.165, 1.54) is 0 Å². The zero-order valence-electron chi connectivity index (χ0n) is 9.32. The molecule has 0 aromatic carbocycles. The van der Waals surface area contributed by atoms with Gasteiger partial charge in [0, 0.05) is 19.1 Å². The fourth-order valence-corrected chi connectivity index (χ4v) is 2.26. The summed E-state index contributed by atoms with van der Waals surface area (Å²) in [5, 5.41) is 0. The summed E-state index contributed by atoms with van der Waals surface area (Å²) in [6, 6.07) is 0.282. The van der Waals surface area contributed by atoms with Gasteiger partial charge in [0.05, 0.1) is 6.10 Å². The third-order valence-corrected chi connectivity index (χ3v) is 3.29. The van der Waals surface area contributed by atoms with Crippen LogP contribution in [0.25, 0.3) is 0 Å². The standard InChI is InChI=1S/C11H20N2O2/c1-8(15-10-6-9(12)7-10)11(14)13-4-2-3-5-13/h8-10H,2-7,12H2,1H3. The quantitative estimate of drug-likeness (QED) is 0.741. The molecule has 1 aliphatic carbocycles. The lowest BCUT2D eigenvalue weighted by molar-refractivity contribution is -0.149. The van der Waals surface area contributed by atoms with Crippen LogP contribution in [0.5, 0.6) is 0 Å². The highest BCUT2D eigenvalue weighted by Crippen LogP contribution is 2.23.